The largest absolute Gasteiger partial charge is 0.492 e. The first kappa shape index (κ1) is 35.8. The molecule has 0 radical (unpaired) electrons. The minimum absolute atomic E-state index is 0.0236. The molecule has 1 aromatic heterocycles. The molecule has 1 amide bonds. The highest BCUT2D eigenvalue weighted by molar-refractivity contribution is 14.1. The molecule has 2 heterocycles. The summed E-state index contributed by atoms with van der Waals surface area (Å²) in [4.78, 5) is 18.6. The van der Waals surface area contributed by atoms with Crippen molar-refractivity contribution in [3.05, 3.63) is 106 Å². The van der Waals surface area contributed by atoms with E-state index in [0.717, 1.165) is 111 Å². The van der Waals surface area contributed by atoms with Crippen LogP contribution in [0.2, 0.25) is 10.0 Å². The van der Waals surface area contributed by atoms with E-state index in [-0.39, 0.29) is 12.0 Å². The maximum atomic E-state index is 13.6. The summed E-state index contributed by atoms with van der Waals surface area (Å²) in [6, 6.07) is 23.9. The summed E-state index contributed by atoms with van der Waals surface area (Å²) in [5.41, 5.74) is 3.73. The fourth-order valence-corrected chi connectivity index (χ4v) is 7.77. The molecule has 1 saturated heterocycles. The van der Waals surface area contributed by atoms with E-state index in [1.165, 1.54) is 0 Å². The number of halogens is 3. The zero-order chi connectivity index (χ0) is 34.3. The first-order valence-electron chi connectivity index (χ1n) is 17.0. The van der Waals surface area contributed by atoms with E-state index in [1.54, 1.807) is 0 Å². The van der Waals surface area contributed by atoms with Crippen LogP contribution in [0.4, 0.5) is 0 Å². The fraction of sp³-hybridized carbons (Fsp3) is 0.359. The Hall–Kier alpha value is -3.02. The number of nitrogens with one attached hydrogen (secondary N) is 1. The molecule has 1 N–H and O–H groups in total. The van der Waals surface area contributed by atoms with Crippen LogP contribution in [-0.4, -0.2) is 72.3 Å². The van der Waals surface area contributed by atoms with Crippen molar-refractivity contribution in [1.82, 2.24) is 19.7 Å². The van der Waals surface area contributed by atoms with Gasteiger partial charge in [-0.3, -0.25) is 9.69 Å². The van der Waals surface area contributed by atoms with E-state index in [0.29, 0.717) is 18.7 Å². The second-order valence-corrected chi connectivity index (χ2v) is 14.4. The summed E-state index contributed by atoms with van der Waals surface area (Å²) in [6.07, 6.45) is 2.99. The number of ether oxygens (including phenoxy) is 2. The third-order valence-corrected chi connectivity index (χ3v) is 10.5. The van der Waals surface area contributed by atoms with E-state index in [9.17, 15) is 4.79 Å². The Balaban J connectivity index is 1.03. The molecule has 258 valence electrons. The Morgan fingerprint density at radius 2 is 1.55 bits per heavy atom. The first-order chi connectivity index (χ1) is 23.8. The summed E-state index contributed by atoms with van der Waals surface area (Å²) in [7, 11) is 0. The number of benzene rings is 4. The van der Waals surface area contributed by atoms with Gasteiger partial charge in [0.05, 0.1) is 17.2 Å². The number of hydrogen-bond acceptors (Lipinski definition) is 5. The number of carbonyl (C=O) groups is 1. The number of aromatic nitrogens is 1. The highest BCUT2D eigenvalue weighted by Gasteiger charge is 2.20. The summed E-state index contributed by atoms with van der Waals surface area (Å²) < 4.78 is 15.4. The lowest BCUT2D eigenvalue weighted by Gasteiger charge is -2.34. The molecule has 1 fully saturated rings. The van der Waals surface area contributed by atoms with Crippen LogP contribution < -0.4 is 14.8 Å². The van der Waals surface area contributed by atoms with Gasteiger partial charge in [-0.1, -0.05) is 94.3 Å². The molecule has 49 heavy (non-hydrogen) atoms. The summed E-state index contributed by atoms with van der Waals surface area (Å²) >= 11 is 15.0. The molecule has 0 bridgehead atoms. The number of amides is 1. The van der Waals surface area contributed by atoms with Gasteiger partial charge in [0.2, 0.25) is 0 Å². The summed E-state index contributed by atoms with van der Waals surface area (Å²) in [5, 5.41) is 7.60. The Labute approximate surface area is 312 Å². The molecule has 0 atom stereocenters. The molecule has 4 aromatic carbocycles. The Morgan fingerprint density at radius 1 is 0.837 bits per heavy atom. The third-order valence-electron chi connectivity index (χ3n) is 9.01. The quantitative estimate of drug-likeness (QED) is 0.0898. The predicted molar refractivity (Wildman–Crippen MR) is 210 cm³/mol. The molecule has 0 aliphatic carbocycles. The third kappa shape index (κ3) is 8.83. The minimum Gasteiger partial charge on any atom is -0.492 e. The number of fused-ring (bicyclic) bond motifs is 2. The maximum absolute atomic E-state index is 13.6. The average molecular weight is 814 g/mol. The zero-order valence-corrected chi connectivity index (χ0v) is 31.7. The normalized spacial score (nSPS) is 14.2. The standard InChI is InChI=1S/C39H43Cl2IN4O3/c1-27(2)49-37-10-5-9-32-33(39(47)43-25-28-11-12-34(40)29(23-28)24-42)26-46(38(32)37)16-6-15-44-17-19-45(20-18-44)21-22-48-36-14-13-35(41)30-7-3-4-8-31(30)36/h3-5,7-14,23,26-27H,6,15-22,24-25H2,1-2H3,(H,43,47). The lowest BCUT2D eigenvalue weighted by atomic mass is 10.1. The van der Waals surface area contributed by atoms with Crippen LogP contribution >= 0.6 is 45.8 Å². The number of carbonyl (C=O) groups excluding carboxylic acids is 1. The number of nitrogens with zero attached hydrogens (tertiary/aromatic N) is 3. The van der Waals surface area contributed by atoms with Crippen LogP contribution in [-0.2, 0) is 17.5 Å². The zero-order valence-electron chi connectivity index (χ0n) is 28.1. The lowest BCUT2D eigenvalue weighted by molar-refractivity contribution is 0.0952. The molecule has 1 aliphatic rings. The van der Waals surface area contributed by atoms with Crippen LogP contribution in [0.15, 0.2) is 79.0 Å². The highest BCUT2D eigenvalue weighted by atomic mass is 127. The molecular weight excluding hydrogens is 770 g/mol. The monoisotopic (exact) mass is 812 g/mol. The van der Waals surface area contributed by atoms with Crippen molar-refractivity contribution in [2.75, 3.05) is 45.9 Å². The van der Waals surface area contributed by atoms with Crippen LogP contribution in [0.5, 0.6) is 11.5 Å². The molecule has 0 unspecified atom stereocenters. The van der Waals surface area contributed by atoms with E-state index in [1.807, 2.05) is 80.7 Å². The number of hydrogen-bond donors (Lipinski definition) is 1. The van der Waals surface area contributed by atoms with E-state index in [4.69, 9.17) is 32.7 Å². The van der Waals surface area contributed by atoms with E-state index < -0.39 is 0 Å². The molecule has 5 aromatic rings. The van der Waals surface area contributed by atoms with Crippen LogP contribution in [0.25, 0.3) is 21.7 Å². The molecule has 1 aliphatic heterocycles. The van der Waals surface area contributed by atoms with Gasteiger partial charge in [-0.2, -0.15) is 0 Å². The van der Waals surface area contributed by atoms with Crippen molar-refractivity contribution in [1.29, 1.82) is 0 Å². The number of para-hydroxylation sites is 1. The topological polar surface area (TPSA) is 59.0 Å². The fourth-order valence-electron chi connectivity index (χ4n) is 6.50. The van der Waals surface area contributed by atoms with Gasteiger partial charge in [-0.05, 0) is 62.2 Å². The smallest absolute Gasteiger partial charge is 0.253 e. The predicted octanol–water partition coefficient (Wildman–Crippen LogP) is 8.84. The van der Waals surface area contributed by atoms with Gasteiger partial charge in [-0.15, -0.1) is 0 Å². The molecule has 0 spiro atoms. The van der Waals surface area contributed by atoms with Crippen LogP contribution in [0.1, 0.15) is 41.8 Å². The van der Waals surface area contributed by atoms with Crippen molar-refractivity contribution in [3.63, 3.8) is 0 Å². The Morgan fingerprint density at radius 3 is 2.31 bits per heavy atom. The number of piperazine rings is 1. The average Bonchev–Trinajstić information content (AvgIpc) is 3.49. The van der Waals surface area contributed by atoms with Gasteiger partial charge in [0.15, 0.2) is 0 Å². The van der Waals surface area contributed by atoms with Gasteiger partial charge >= 0.3 is 0 Å². The van der Waals surface area contributed by atoms with Crippen molar-refractivity contribution in [3.8, 4) is 11.5 Å². The van der Waals surface area contributed by atoms with Gasteiger partial charge < -0.3 is 24.3 Å². The lowest BCUT2D eigenvalue weighted by Crippen LogP contribution is -2.47. The van der Waals surface area contributed by atoms with Gasteiger partial charge in [-0.25, -0.2) is 0 Å². The second-order valence-electron chi connectivity index (χ2n) is 12.8. The van der Waals surface area contributed by atoms with Crippen LogP contribution in [0.3, 0.4) is 0 Å². The molecule has 10 heteroatoms. The van der Waals surface area contributed by atoms with Crippen molar-refractivity contribution in [2.24, 2.45) is 0 Å². The number of rotatable bonds is 14. The van der Waals surface area contributed by atoms with Crippen molar-refractivity contribution < 1.29 is 14.3 Å². The number of aryl methyl sites for hydroxylation is 1. The van der Waals surface area contributed by atoms with Crippen molar-refractivity contribution >= 4 is 73.4 Å². The van der Waals surface area contributed by atoms with E-state index in [2.05, 4.69) is 54.4 Å². The Kier molecular flexibility index (Phi) is 12.3. The summed E-state index contributed by atoms with van der Waals surface area (Å²) in [5.74, 6) is 1.59. The van der Waals surface area contributed by atoms with E-state index >= 15 is 0 Å². The Bertz CT molecular complexity index is 1900. The summed E-state index contributed by atoms with van der Waals surface area (Å²) in [6.45, 7) is 11.9. The van der Waals surface area contributed by atoms with Crippen LogP contribution in [0, 0.1) is 0 Å². The second kappa shape index (κ2) is 16.8. The van der Waals surface area contributed by atoms with Gasteiger partial charge in [0.25, 0.3) is 5.91 Å². The molecule has 7 nitrogen and oxygen atoms in total. The maximum Gasteiger partial charge on any atom is 0.253 e. The van der Waals surface area contributed by atoms with Gasteiger partial charge in [0, 0.05) is 82.6 Å². The SMILES string of the molecule is CC(C)Oc1cccc2c(C(=O)NCc3ccc(Cl)c(CI)c3)cn(CCCN3CCN(CCOc4ccc(Cl)c5ccccc45)CC3)c12. The molecule has 6 rings (SSSR count). The highest BCUT2D eigenvalue weighted by Crippen LogP contribution is 2.32. The van der Waals surface area contributed by atoms with Crippen molar-refractivity contribution in [2.45, 2.75) is 43.9 Å². The molecular formula is C39H43Cl2IN4O3. The van der Waals surface area contributed by atoms with Gasteiger partial charge in [0.1, 0.15) is 18.1 Å². The minimum atomic E-state index is -0.0965. The first-order valence-corrected chi connectivity index (χ1v) is 19.2. The number of alkyl halides is 1. The molecule has 0 saturated carbocycles.